The lowest BCUT2D eigenvalue weighted by molar-refractivity contribution is 0.104. The van der Waals surface area contributed by atoms with Crippen molar-refractivity contribution in [3.8, 4) is 6.07 Å². The van der Waals surface area contributed by atoms with E-state index in [0.717, 1.165) is 50.9 Å². The van der Waals surface area contributed by atoms with Gasteiger partial charge in [0.25, 0.3) is 0 Å². The van der Waals surface area contributed by atoms with Crippen LogP contribution in [0.5, 0.6) is 0 Å². The Hall–Kier alpha value is -2.77. The molecule has 4 nitrogen and oxygen atoms in total. The minimum Gasteiger partial charge on any atom is -0.299 e. The molecule has 218 valence electrons. The van der Waals surface area contributed by atoms with Crippen LogP contribution in [-0.4, -0.2) is 42.1 Å². The summed E-state index contributed by atoms with van der Waals surface area (Å²) in [5.41, 5.74) is 10.9. The smallest absolute Gasteiger partial charge is 0.111 e. The number of nitrogens with zero attached hydrogens (tertiary/aromatic N) is 4. The zero-order chi connectivity index (χ0) is 29.1. The molecule has 2 aliphatic carbocycles. The van der Waals surface area contributed by atoms with Gasteiger partial charge in [-0.1, -0.05) is 64.0 Å². The molecular formula is C37H50N4. The number of rotatable bonds is 7. The van der Waals surface area contributed by atoms with E-state index in [1.54, 1.807) is 6.34 Å². The van der Waals surface area contributed by atoms with Crippen LogP contribution < -0.4 is 0 Å². The molecule has 5 rings (SSSR count). The summed E-state index contributed by atoms with van der Waals surface area (Å²) in [5, 5.41) is 9.87. The molecule has 0 N–H and O–H groups in total. The van der Waals surface area contributed by atoms with Crippen molar-refractivity contribution in [1.82, 2.24) is 4.90 Å². The summed E-state index contributed by atoms with van der Waals surface area (Å²) >= 11 is 0. The van der Waals surface area contributed by atoms with Crippen molar-refractivity contribution in [3.05, 3.63) is 63.8 Å². The van der Waals surface area contributed by atoms with Crippen LogP contribution in [0.4, 0.5) is 0 Å². The molecule has 0 bridgehead atoms. The van der Waals surface area contributed by atoms with Gasteiger partial charge in [-0.15, -0.1) is 0 Å². The van der Waals surface area contributed by atoms with E-state index in [2.05, 4.69) is 92.8 Å². The SMILES string of the molecule is CCCC(/C1=C/CCC2N=CN=C2/C(C)=C\1)=C(\c1cc(C2CCN(C3CCCC3(C)C#N)CC2)ccc1C)C(C)C. The molecule has 0 aromatic heterocycles. The summed E-state index contributed by atoms with van der Waals surface area (Å²) < 4.78 is 0. The van der Waals surface area contributed by atoms with Gasteiger partial charge in [-0.3, -0.25) is 9.89 Å². The summed E-state index contributed by atoms with van der Waals surface area (Å²) in [6.45, 7) is 15.9. The third-order valence-corrected chi connectivity index (χ3v) is 10.2. The van der Waals surface area contributed by atoms with Crippen molar-refractivity contribution >= 4 is 17.6 Å². The van der Waals surface area contributed by atoms with Gasteiger partial charge < -0.3 is 0 Å². The third kappa shape index (κ3) is 6.07. The van der Waals surface area contributed by atoms with E-state index in [-0.39, 0.29) is 11.5 Å². The Morgan fingerprint density at radius 1 is 1.15 bits per heavy atom. The van der Waals surface area contributed by atoms with Crippen LogP contribution >= 0.6 is 0 Å². The lowest BCUT2D eigenvalue weighted by Gasteiger charge is -2.40. The molecule has 0 amide bonds. The maximum atomic E-state index is 9.87. The molecule has 4 heteroatoms. The molecule has 41 heavy (non-hydrogen) atoms. The molecule has 3 unspecified atom stereocenters. The maximum absolute atomic E-state index is 9.87. The fraction of sp³-hybridized carbons (Fsp3) is 0.595. The van der Waals surface area contributed by atoms with E-state index < -0.39 is 0 Å². The third-order valence-electron chi connectivity index (χ3n) is 10.2. The predicted octanol–water partition coefficient (Wildman–Crippen LogP) is 8.98. The first-order valence-corrected chi connectivity index (χ1v) is 16.2. The average molecular weight is 551 g/mol. The van der Waals surface area contributed by atoms with Crippen LogP contribution in [-0.2, 0) is 0 Å². The Bertz CT molecular complexity index is 1320. The molecule has 3 atom stereocenters. The van der Waals surface area contributed by atoms with Gasteiger partial charge in [-0.25, -0.2) is 4.99 Å². The Morgan fingerprint density at radius 2 is 1.93 bits per heavy atom. The summed E-state index contributed by atoms with van der Waals surface area (Å²) in [4.78, 5) is 11.9. The van der Waals surface area contributed by atoms with Gasteiger partial charge in [0.1, 0.15) is 6.34 Å². The highest BCUT2D eigenvalue weighted by atomic mass is 15.2. The van der Waals surface area contributed by atoms with Crippen molar-refractivity contribution in [2.24, 2.45) is 21.3 Å². The highest BCUT2D eigenvalue weighted by molar-refractivity contribution is 6.10. The fourth-order valence-electron chi connectivity index (χ4n) is 7.98. The summed E-state index contributed by atoms with van der Waals surface area (Å²) in [5.74, 6) is 1.02. The zero-order valence-corrected chi connectivity index (χ0v) is 26.3. The maximum Gasteiger partial charge on any atom is 0.111 e. The first-order valence-electron chi connectivity index (χ1n) is 16.2. The molecule has 1 aromatic carbocycles. The molecule has 2 fully saturated rings. The van der Waals surface area contributed by atoms with Crippen LogP contribution in [0.3, 0.4) is 0 Å². The molecule has 4 aliphatic rings. The number of aryl methyl sites for hydroxylation is 1. The second-order valence-corrected chi connectivity index (χ2v) is 13.5. The van der Waals surface area contributed by atoms with Crippen molar-refractivity contribution in [2.45, 2.75) is 117 Å². The molecular weight excluding hydrogens is 500 g/mol. The minimum atomic E-state index is -0.173. The Labute approximate surface area is 249 Å². The number of likely N-dealkylation sites (tertiary alicyclic amines) is 1. The lowest BCUT2D eigenvalue weighted by Crippen LogP contribution is -2.46. The number of benzene rings is 1. The van der Waals surface area contributed by atoms with Gasteiger partial charge in [-0.2, -0.15) is 5.26 Å². The number of nitriles is 1. The quantitative estimate of drug-likeness (QED) is 0.340. The standard InChI is InChI=1S/C37H50N4/c1-7-10-31(30-11-8-12-33-36(27(5)21-30)40-24-39-33)35(25(2)3)32-22-29(15-14-26(32)4)28-16-19-41(20-17-28)34-13-9-18-37(34,6)23-38/h11,14-15,21-22,24-25,28,33-34H,7-10,12-13,16-20H2,1-6H3/b27-21-,30-11+,35-31+. The van der Waals surface area contributed by atoms with E-state index in [1.807, 2.05) is 0 Å². The lowest BCUT2D eigenvalue weighted by atomic mass is 9.79. The summed E-state index contributed by atoms with van der Waals surface area (Å²) in [6.07, 6.45) is 16.7. The number of fused-ring (bicyclic) bond motifs is 1. The second kappa shape index (κ2) is 12.6. The highest BCUT2D eigenvalue weighted by Crippen LogP contribution is 2.43. The van der Waals surface area contributed by atoms with Crippen molar-refractivity contribution in [1.29, 1.82) is 5.26 Å². The van der Waals surface area contributed by atoms with Crippen LogP contribution in [0.1, 0.15) is 115 Å². The zero-order valence-electron chi connectivity index (χ0n) is 26.3. The summed E-state index contributed by atoms with van der Waals surface area (Å²) in [7, 11) is 0. The average Bonchev–Trinajstić information content (AvgIpc) is 3.59. The molecule has 1 aromatic rings. The fourth-order valence-corrected chi connectivity index (χ4v) is 7.98. The van der Waals surface area contributed by atoms with Gasteiger partial charge >= 0.3 is 0 Å². The second-order valence-electron chi connectivity index (χ2n) is 13.5. The summed E-state index contributed by atoms with van der Waals surface area (Å²) in [6, 6.07) is 10.6. The Balaban J connectivity index is 1.45. The van der Waals surface area contributed by atoms with Crippen molar-refractivity contribution < 1.29 is 0 Å². The van der Waals surface area contributed by atoms with Crippen molar-refractivity contribution in [2.75, 3.05) is 13.1 Å². The number of allylic oxidation sites excluding steroid dienone is 5. The Kier molecular flexibility index (Phi) is 9.15. The normalized spacial score (nSPS) is 30.4. The van der Waals surface area contributed by atoms with E-state index in [0.29, 0.717) is 17.9 Å². The topological polar surface area (TPSA) is 51.8 Å². The molecule has 2 aliphatic heterocycles. The van der Waals surface area contributed by atoms with E-state index in [1.165, 1.54) is 64.7 Å². The van der Waals surface area contributed by atoms with Gasteiger partial charge in [0.2, 0.25) is 0 Å². The molecule has 1 saturated heterocycles. The van der Waals surface area contributed by atoms with Crippen molar-refractivity contribution in [3.63, 3.8) is 0 Å². The van der Waals surface area contributed by atoms with Gasteiger partial charge in [0.15, 0.2) is 0 Å². The first kappa shape index (κ1) is 29.7. The predicted molar refractivity (Wildman–Crippen MR) is 174 cm³/mol. The number of piperidine rings is 1. The van der Waals surface area contributed by atoms with Crippen LogP contribution in [0, 0.1) is 29.6 Å². The van der Waals surface area contributed by atoms with Gasteiger partial charge in [-0.05, 0) is 130 Å². The number of hydrogen-bond acceptors (Lipinski definition) is 4. The number of hydrogen-bond donors (Lipinski definition) is 0. The minimum absolute atomic E-state index is 0.173. The Morgan fingerprint density at radius 3 is 2.63 bits per heavy atom. The van der Waals surface area contributed by atoms with E-state index >= 15 is 0 Å². The first-order chi connectivity index (χ1) is 19.8. The van der Waals surface area contributed by atoms with Gasteiger partial charge in [0, 0.05) is 6.04 Å². The van der Waals surface area contributed by atoms with Crippen LogP contribution in [0.15, 0.2) is 57.1 Å². The molecule has 1 saturated carbocycles. The molecule has 2 heterocycles. The highest BCUT2D eigenvalue weighted by Gasteiger charge is 2.43. The largest absolute Gasteiger partial charge is 0.299 e. The van der Waals surface area contributed by atoms with Crippen LogP contribution in [0.25, 0.3) is 5.57 Å². The van der Waals surface area contributed by atoms with Crippen LogP contribution in [0.2, 0.25) is 0 Å². The van der Waals surface area contributed by atoms with E-state index in [4.69, 9.17) is 0 Å². The monoisotopic (exact) mass is 550 g/mol. The van der Waals surface area contributed by atoms with E-state index in [9.17, 15) is 5.26 Å². The molecule has 0 radical (unpaired) electrons. The molecule has 0 spiro atoms. The van der Waals surface area contributed by atoms with Gasteiger partial charge in [0.05, 0.1) is 23.2 Å². The number of aliphatic imine (C=N–C) groups is 2.